The lowest BCUT2D eigenvalue weighted by molar-refractivity contribution is -0.167. The molecule has 35 heavy (non-hydrogen) atoms. The summed E-state index contributed by atoms with van der Waals surface area (Å²) in [5.74, 6) is 1.18. The molecule has 0 bridgehead atoms. The normalized spacial score (nSPS) is 23.5. The molecule has 2 heterocycles. The van der Waals surface area contributed by atoms with Crippen molar-refractivity contribution in [1.82, 2.24) is 9.80 Å². The first-order valence-corrected chi connectivity index (χ1v) is 13.4. The summed E-state index contributed by atoms with van der Waals surface area (Å²) in [4.78, 5) is 4.84. The van der Waals surface area contributed by atoms with Crippen molar-refractivity contribution in [2.24, 2.45) is 5.92 Å². The summed E-state index contributed by atoms with van der Waals surface area (Å²) in [6, 6.07) is 17.5. The maximum Gasteiger partial charge on any atom is 0.124 e. The van der Waals surface area contributed by atoms with E-state index < -0.39 is 0 Å². The summed E-state index contributed by atoms with van der Waals surface area (Å²) in [7, 11) is 4.27. The molecule has 2 aliphatic rings. The molecule has 2 aromatic rings. The lowest BCUT2D eigenvalue weighted by Gasteiger charge is -2.50. The van der Waals surface area contributed by atoms with Gasteiger partial charge in [0.2, 0.25) is 0 Å². The van der Waals surface area contributed by atoms with Crippen LogP contribution in [0.15, 0.2) is 48.5 Å². The Morgan fingerprint density at radius 1 is 1.11 bits per heavy atom. The fraction of sp³-hybridized carbons (Fsp3) is 0.600. The van der Waals surface area contributed by atoms with Gasteiger partial charge in [0.15, 0.2) is 0 Å². The number of likely N-dealkylation sites (tertiary alicyclic amines) is 1. The van der Waals surface area contributed by atoms with Gasteiger partial charge in [0.05, 0.1) is 18.3 Å². The van der Waals surface area contributed by atoms with Crippen LogP contribution < -0.4 is 4.74 Å². The van der Waals surface area contributed by atoms with Gasteiger partial charge in [0.1, 0.15) is 12.4 Å². The Morgan fingerprint density at radius 2 is 1.86 bits per heavy atom. The lowest BCUT2D eigenvalue weighted by atomic mass is 9.77. The van der Waals surface area contributed by atoms with Crippen molar-refractivity contribution >= 4 is 0 Å². The average Bonchev–Trinajstić information content (AvgIpc) is 2.86. The van der Waals surface area contributed by atoms with Crippen LogP contribution >= 0.6 is 0 Å². The molecule has 5 nitrogen and oxygen atoms in total. The molecule has 1 unspecified atom stereocenters. The number of piperidine rings is 1. The largest absolute Gasteiger partial charge is 0.489 e. The summed E-state index contributed by atoms with van der Waals surface area (Å²) in [6.07, 6.45) is 4.98. The second-order valence-electron chi connectivity index (χ2n) is 10.9. The Balaban J connectivity index is 1.41. The third-order valence-corrected chi connectivity index (χ3v) is 8.00. The topological polar surface area (TPSA) is 45.2 Å². The minimum atomic E-state index is -0.343. The Bertz CT molecular complexity index is 922. The van der Waals surface area contributed by atoms with E-state index in [0.29, 0.717) is 19.3 Å². The van der Waals surface area contributed by atoms with Gasteiger partial charge >= 0.3 is 0 Å². The first-order chi connectivity index (χ1) is 16.9. The van der Waals surface area contributed by atoms with Crippen molar-refractivity contribution < 1.29 is 14.6 Å². The van der Waals surface area contributed by atoms with Gasteiger partial charge < -0.3 is 19.5 Å². The molecule has 2 saturated heterocycles. The molecule has 0 saturated carbocycles. The van der Waals surface area contributed by atoms with Gasteiger partial charge in [-0.25, -0.2) is 0 Å². The smallest absolute Gasteiger partial charge is 0.124 e. The predicted octanol–water partition coefficient (Wildman–Crippen LogP) is 4.90. The molecule has 0 aromatic heterocycles. The van der Waals surface area contributed by atoms with E-state index >= 15 is 0 Å². The third-order valence-electron chi connectivity index (χ3n) is 8.00. The number of nitrogens with zero attached hydrogens (tertiary/aromatic N) is 2. The molecule has 1 N–H and O–H groups in total. The number of aliphatic hydroxyl groups is 1. The van der Waals surface area contributed by atoms with Gasteiger partial charge in [-0.1, -0.05) is 55.8 Å². The minimum Gasteiger partial charge on any atom is -0.489 e. The second-order valence-corrected chi connectivity index (χ2v) is 10.9. The number of aliphatic hydroxyl groups excluding tert-OH is 1. The van der Waals surface area contributed by atoms with Crippen LogP contribution in [0, 0.1) is 5.92 Å². The number of hydrogen-bond donors (Lipinski definition) is 1. The average molecular weight is 481 g/mol. The van der Waals surface area contributed by atoms with E-state index in [0.717, 1.165) is 57.5 Å². The molecule has 4 rings (SSSR count). The van der Waals surface area contributed by atoms with Crippen molar-refractivity contribution in [3.05, 3.63) is 65.2 Å². The van der Waals surface area contributed by atoms with Crippen molar-refractivity contribution in [3.8, 4) is 5.75 Å². The maximum absolute atomic E-state index is 10.3. The zero-order valence-electron chi connectivity index (χ0n) is 22.1. The molecule has 2 aliphatic heterocycles. The van der Waals surface area contributed by atoms with Crippen molar-refractivity contribution in [3.63, 3.8) is 0 Å². The Hall–Kier alpha value is -1.92. The van der Waals surface area contributed by atoms with Crippen LogP contribution in [0.1, 0.15) is 56.2 Å². The van der Waals surface area contributed by atoms with Crippen molar-refractivity contribution in [2.75, 3.05) is 33.8 Å². The monoisotopic (exact) mass is 480 g/mol. The highest BCUT2D eigenvalue weighted by Crippen LogP contribution is 2.40. The number of aryl methyl sites for hydroxylation is 1. The second kappa shape index (κ2) is 11.9. The van der Waals surface area contributed by atoms with Crippen LogP contribution in [-0.2, 0) is 24.3 Å². The van der Waals surface area contributed by atoms with Gasteiger partial charge in [0.25, 0.3) is 0 Å². The number of ether oxygens (including phenoxy) is 2. The Labute approximate surface area is 212 Å². The number of benzene rings is 2. The van der Waals surface area contributed by atoms with Gasteiger partial charge in [-0.2, -0.15) is 0 Å². The number of hydrogen-bond acceptors (Lipinski definition) is 5. The SMILES string of the molecule is CCCc1ccc(OCc2ccccc2)c(CN2CCC3(CC2)C[C@H](N(C)C)C([C@@H](C)O)CO3)c1. The van der Waals surface area contributed by atoms with Gasteiger partial charge in [0, 0.05) is 37.2 Å². The van der Waals surface area contributed by atoms with Gasteiger partial charge in [-0.15, -0.1) is 0 Å². The maximum atomic E-state index is 10.3. The summed E-state index contributed by atoms with van der Waals surface area (Å²) in [5.41, 5.74) is 3.80. The molecule has 1 spiro atoms. The van der Waals surface area contributed by atoms with E-state index in [1.54, 1.807) is 0 Å². The Kier molecular flexibility index (Phi) is 8.87. The highest BCUT2D eigenvalue weighted by Gasteiger charge is 2.45. The van der Waals surface area contributed by atoms with E-state index in [2.05, 4.69) is 73.3 Å². The molecular weight excluding hydrogens is 436 g/mol. The summed E-state index contributed by atoms with van der Waals surface area (Å²) in [5, 5.41) is 10.3. The summed E-state index contributed by atoms with van der Waals surface area (Å²) >= 11 is 0. The van der Waals surface area contributed by atoms with Crippen LogP contribution in [0.4, 0.5) is 0 Å². The van der Waals surface area contributed by atoms with Gasteiger partial charge in [-0.05, 0) is 63.9 Å². The first-order valence-electron chi connectivity index (χ1n) is 13.4. The molecule has 2 aromatic carbocycles. The molecule has 5 heteroatoms. The van der Waals surface area contributed by atoms with Crippen LogP contribution in [-0.4, -0.2) is 66.4 Å². The molecule has 0 radical (unpaired) electrons. The summed E-state index contributed by atoms with van der Waals surface area (Å²) < 4.78 is 12.8. The zero-order valence-corrected chi connectivity index (χ0v) is 22.1. The quantitative estimate of drug-likeness (QED) is 0.553. The van der Waals surface area contributed by atoms with Crippen LogP contribution in [0.2, 0.25) is 0 Å². The van der Waals surface area contributed by atoms with E-state index in [-0.39, 0.29) is 17.6 Å². The standard InChI is InChI=1S/C30H44N2O3/c1-5-9-24-12-13-29(34-21-25-10-7-6-8-11-25)26(18-24)20-32-16-14-30(15-17-32)19-28(31(3)4)27(22-35-30)23(2)33/h6-8,10-13,18,23,27-28,33H,5,9,14-17,19-22H2,1-4H3/t23-,27?,28+/m1/s1. The molecule has 0 aliphatic carbocycles. The predicted molar refractivity (Wildman–Crippen MR) is 142 cm³/mol. The van der Waals surface area contributed by atoms with E-state index in [1.807, 2.05) is 13.0 Å². The third kappa shape index (κ3) is 6.65. The summed E-state index contributed by atoms with van der Waals surface area (Å²) in [6.45, 7) is 8.33. The fourth-order valence-corrected chi connectivity index (χ4v) is 5.79. The van der Waals surface area contributed by atoms with Gasteiger partial charge in [-0.3, -0.25) is 4.90 Å². The van der Waals surface area contributed by atoms with Crippen molar-refractivity contribution in [2.45, 2.75) is 76.9 Å². The molecule has 2 fully saturated rings. The fourth-order valence-electron chi connectivity index (χ4n) is 5.79. The lowest BCUT2D eigenvalue weighted by Crippen LogP contribution is -2.57. The first kappa shape index (κ1) is 26.2. The van der Waals surface area contributed by atoms with Crippen LogP contribution in [0.3, 0.4) is 0 Å². The molecule has 0 amide bonds. The zero-order chi connectivity index (χ0) is 24.8. The minimum absolute atomic E-state index is 0.0620. The van der Waals surface area contributed by atoms with Crippen molar-refractivity contribution in [1.29, 1.82) is 0 Å². The highest BCUT2D eigenvalue weighted by atomic mass is 16.5. The van der Waals surface area contributed by atoms with Crippen LogP contribution in [0.25, 0.3) is 0 Å². The van der Waals surface area contributed by atoms with E-state index in [1.165, 1.54) is 16.7 Å². The Morgan fingerprint density at radius 3 is 2.51 bits per heavy atom. The molecular formula is C30H44N2O3. The van der Waals surface area contributed by atoms with E-state index in [9.17, 15) is 5.11 Å². The van der Waals surface area contributed by atoms with Crippen LogP contribution in [0.5, 0.6) is 5.75 Å². The number of rotatable bonds is 9. The molecule has 3 atom stereocenters. The highest BCUT2D eigenvalue weighted by molar-refractivity contribution is 5.38. The molecule has 192 valence electrons. The van der Waals surface area contributed by atoms with E-state index in [4.69, 9.17) is 9.47 Å².